The van der Waals surface area contributed by atoms with Gasteiger partial charge in [-0.2, -0.15) is 0 Å². The van der Waals surface area contributed by atoms with E-state index in [2.05, 4.69) is 25.5 Å². The average molecular weight is 429 g/mol. The summed E-state index contributed by atoms with van der Waals surface area (Å²) < 4.78 is 8.15. The summed E-state index contributed by atoms with van der Waals surface area (Å²) in [6, 6.07) is 10.1. The number of carbonyl (C=O) groups excluding carboxylic acids is 1. The van der Waals surface area contributed by atoms with Gasteiger partial charge in [-0.05, 0) is 63.6 Å². The first-order valence-corrected chi connectivity index (χ1v) is 9.45. The van der Waals surface area contributed by atoms with E-state index in [1.165, 1.54) is 0 Å². The van der Waals surface area contributed by atoms with E-state index < -0.39 is 5.97 Å². The van der Waals surface area contributed by atoms with Gasteiger partial charge in [-0.1, -0.05) is 22.0 Å². The number of carbonyl (C=O) groups is 1. The SMILES string of the molecule is CCOC(=O)C1=C(O)/C(=C/c2cc(C)n(-c3cccc(Br)c3)c2C)N=C1C. The van der Waals surface area contributed by atoms with E-state index in [-0.39, 0.29) is 17.9 Å². The molecule has 0 aliphatic carbocycles. The quantitative estimate of drug-likeness (QED) is 0.693. The molecule has 27 heavy (non-hydrogen) atoms. The molecule has 0 bridgehead atoms. The first kappa shape index (κ1) is 19.2. The third kappa shape index (κ3) is 3.62. The molecule has 1 aromatic carbocycles. The second kappa shape index (κ2) is 7.56. The molecule has 1 aliphatic heterocycles. The van der Waals surface area contributed by atoms with Gasteiger partial charge in [0.05, 0.1) is 12.3 Å². The summed E-state index contributed by atoms with van der Waals surface area (Å²) in [6.07, 6.45) is 1.79. The van der Waals surface area contributed by atoms with E-state index >= 15 is 0 Å². The topological polar surface area (TPSA) is 63.8 Å². The lowest BCUT2D eigenvalue weighted by Crippen LogP contribution is -2.13. The van der Waals surface area contributed by atoms with Crippen molar-refractivity contribution in [3.05, 3.63) is 68.8 Å². The van der Waals surface area contributed by atoms with Crippen LogP contribution in [-0.2, 0) is 9.53 Å². The van der Waals surface area contributed by atoms with Crippen LogP contribution in [0.1, 0.15) is 30.8 Å². The highest BCUT2D eigenvalue weighted by Gasteiger charge is 2.28. The van der Waals surface area contributed by atoms with Crippen LogP contribution in [0.2, 0.25) is 0 Å². The van der Waals surface area contributed by atoms with Crippen LogP contribution in [0.15, 0.2) is 56.8 Å². The van der Waals surface area contributed by atoms with Gasteiger partial charge in [0.2, 0.25) is 0 Å². The van der Waals surface area contributed by atoms with Gasteiger partial charge >= 0.3 is 5.97 Å². The van der Waals surface area contributed by atoms with E-state index in [0.717, 1.165) is 27.1 Å². The molecule has 0 amide bonds. The minimum Gasteiger partial charge on any atom is -0.505 e. The van der Waals surface area contributed by atoms with Crippen molar-refractivity contribution in [1.82, 2.24) is 4.57 Å². The fraction of sp³-hybridized carbons (Fsp3) is 0.238. The van der Waals surface area contributed by atoms with E-state index in [9.17, 15) is 9.90 Å². The van der Waals surface area contributed by atoms with Crippen LogP contribution in [0.25, 0.3) is 11.8 Å². The molecule has 3 rings (SSSR count). The lowest BCUT2D eigenvalue weighted by Gasteiger charge is -2.10. The molecule has 6 heteroatoms. The van der Waals surface area contributed by atoms with Crippen molar-refractivity contribution in [2.24, 2.45) is 4.99 Å². The number of halogens is 1. The van der Waals surface area contributed by atoms with E-state index in [4.69, 9.17) is 4.74 Å². The van der Waals surface area contributed by atoms with Crippen LogP contribution in [0.5, 0.6) is 0 Å². The molecule has 1 aromatic heterocycles. The maximum Gasteiger partial charge on any atom is 0.343 e. The third-order valence-corrected chi connectivity index (χ3v) is 4.93. The number of esters is 1. The van der Waals surface area contributed by atoms with Crippen LogP contribution in [-0.4, -0.2) is 28.0 Å². The molecule has 2 aromatic rings. The minimum atomic E-state index is -0.556. The third-order valence-electron chi connectivity index (χ3n) is 4.44. The van der Waals surface area contributed by atoms with Crippen LogP contribution in [0, 0.1) is 13.8 Å². The highest BCUT2D eigenvalue weighted by molar-refractivity contribution is 9.10. The average Bonchev–Trinajstić information content (AvgIpc) is 3.03. The predicted octanol–water partition coefficient (Wildman–Crippen LogP) is 5.05. The predicted molar refractivity (Wildman–Crippen MR) is 110 cm³/mol. The van der Waals surface area contributed by atoms with Crippen molar-refractivity contribution < 1.29 is 14.6 Å². The first-order chi connectivity index (χ1) is 12.8. The summed E-state index contributed by atoms with van der Waals surface area (Å²) in [7, 11) is 0. The normalized spacial score (nSPS) is 15.4. The molecule has 2 heterocycles. The largest absolute Gasteiger partial charge is 0.505 e. The molecule has 1 N–H and O–H groups in total. The Morgan fingerprint density at radius 1 is 1.30 bits per heavy atom. The number of hydrogen-bond donors (Lipinski definition) is 1. The Morgan fingerprint density at radius 2 is 2.04 bits per heavy atom. The van der Waals surface area contributed by atoms with Gasteiger partial charge in [-0.25, -0.2) is 9.79 Å². The van der Waals surface area contributed by atoms with Crippen molar-refractivity contribution in [3.8, 4) is 5.69 Å². The monoisotopic (exact) mass is 428 g/mol. The molecular weight excluding hydrogens is 408 g/mol. The number of nitrogens with zero attached hydrogens (tertiary/aromatic N) is 2. The number of aliphatic hydroxyl groups excluding tert-OH is 1. The van der Waals surface area contributed by atoms with Crippen LogP contribution in [0.3, 0.4) is 0 Å². The Hall–Kier alpha value is -2.60. The number of aromatic nitrogens is 1. The highest BCUT2D eigenvalue weighted by atomic mass is 79.9. The van der Waals surface area contributed by atoms with E-state index in [0.29, 0.717) is 11.4 Å². The summed E-state index contributed by atoms with van der Waals surface area (Å²) in [5.74, 6) is -0.697. The Morgan fingerprint density at radius 3 is 2.70 bits per heavy atom. The zero-order chi connectivity index (χ0) is 19.7. The van der Waals surface area contributed by atoms with Gasteiger partial charge in [0.1, 0.15) is 11.3 Å². The van der Waals surface area contributed by atoms with Crippen LogP contribution < -0.4 is 0 Å². The highest BCUT2D eigenvalue weighted by Crippen LogP contribution is 2.29. The van der Waals surface area contributed by atoms with E-state index in [1.807, 2.05) is 44.2 Å². The molecular formula is C21H21BrN2O3. The van der Waals surface area contributed by atoms with Crippen molar-refractivity contribution in [2.75, 3.05) is 6.61 Å². The number of benzene rings is 1. The van der Waals surface area contributed by atoms with Crippen LogP contribution in [0.4, 0.5) is 0 Å². The zero-order valence-corrected chi connectivity index (χ0v) is 17.3. The fourth-order valence-electron chi connectivity index (χ4n) is 3.23. The molecule has 0 fully saturated rings. The molecule has 0 atom stereocenters. The van der Waals surface area contributed by atoms with Gasteiger partial charge in [0, 0.05) is 21.5 Å². The van der Waals surface area contributed by atoms with Gasteiger partial charge < -0.3 is 14.4 Å². The number of rotatable bonds is 4. The number of hydrogen-bond acceptors (Lipinski definition) is 4. The second-order valence-electron chi connectivity index (χ2n) is 6.31. The maximum absolute atomic E-state index is 12.0. The van der Waals surface area contributed by atoms with Gasteiger partial charge in [0.15, 0.2) is 5.76 Å². The summed E-state index contributed by atoms with van der Waals surface area (Å²) in [4.78, 5) is 16.4. The van der Waals surface area contributed by atoms with Crippen LogP contribution >= 0.6 is 15.9 Å². The summed E-state index contributed by atoms with van der Waals surface area (Å²) in [5.41, 5.74) is 5.00. The van der Waals surface area contributed by atoms with Gasteiger partial charge in [0.25, 0.3) is 0 Å². The Balaban J connectivity index is 2.04. The standard InChI is InChI=1S/C21H21BrN2O3/c1-5-27-21(26)19-13(3)23-18(20(19)25)10-15-9-12(2)24(14(15)4)17-8-6-7-16(22)11-17/h6-11,25H,5H2,1-4H3/b18-10-. The summed E-state index contributed by atoms with van der Waals surface area (Å²) in [6.45, 7) is 7.70. The molecule has 0 spiro atoms. The summed E-state index contributed by atoms with van der Waals surface area (Å²) in [5, 5.41) is 10.5. The smallest absolute Gasteiger partial charge is 0.343 e. The Kier molecular flexibility index (Phi) is 5.37. The number of ether oxygens (including phenoxy) is 1. The first-order valence-electron chi connectivity index (χ1n) is 8.66. The van der Waals surface area contributed by atoms with Gasteiger partial charge in [-0.3, -0.25) is 0 Å². The number of aliphatic hydroxyl groups is 1. The van der Waals surface area contributed by atoms with Crippen molar-refractivity contribution >= 4 is 33.7 Å². The lowest BCUT2D eigenvalue weighted by atomic mass is 10.1. The Labute approximate surface area is 166 Å². The second-order valence-corrected chi connectivity index (χ2v) is 7.23. The molecule has 5 nitrogen and oxygen atoms in total. The Bertz CT molecular complexity index is 1010. The van der Waals surface area contributed by atoms with Crippen molar-refractivity contribution in [2.45, 2.75) is 27.7 Å². The zero-order valence-electron chi connectivity index (χ0n) is 15.7. The fourth-order valence-corrected chi connectivity index (χ4v) is 3.62. The van der Waals surface area contributed by atoms with E-state index in [1.54, 1.807) is 19.9 Å². The molecule has 140 valence electrons. The van der Waals surface area contributed by atoms with Crippen molar-refractivity contribution in [1.29, 1.82) is 0 Å². The van der Waals surface area contributed by atoms with Crippen molar-refractivity contribution in [3.63, 3.8) is 0 Å². The van der Waals surface area contributed by atoms with Gasteiger partial charge in [-0.15, -0.1) is 0 Å². The molecule has 1 aliphatic rings. The molecule has 0 saturated carbocycles. The molecule has 0 radical (unpaired) electrons. The number of aryl methyl sites for hydroxylation is 1. The molecule has 0 unspecified atom stereocenters. The summed E-state index contributed by atoms with van der Waals surface area (Å²) >= 11 is 3.51. The number of aliphatic imine (C=N–C) groups is 1. The minimum absolute atomic E-state index is 0.129. The lowest BCUT2D eigenvalue weighted by molar-refractivity contribution is -0.138. The molecule has 0 saturated heterocycles. The maximum atomic E-state index is 12.0.